The third-order valence-electron chi connectivity index (χ3n) is 2.62. The van der Waals surface area contributed by atoms with Crippen molar-refractivity contribution in [3.8, 4) is 0 Å². The molecule has 1 amide bonds. The van der Waals surface area contributed by atoms with E-state index < -0.39 is 5.82 Å². The molecule has 1 saturated heterocycles. The summed E-state index contributed by atoms with van der Waals surface area (Å²) in [6.07, 6.45) is 0.783. The van der Waals surface area contributed by atoms with E-state index in [0.717, 1.165) is 6.42 Å². The summed E-state index contributed by atoms with van der Waals surface area (Å²) in [4.78, 5) is 11.6. The molecule has 98 valence electrons. The third kappa shape index (κ3) is 3.41. The van der Waals surface area contributed by atoms with Crippen LogP contribution in [0.2, 0.25) is 0 Å². The zero-order chi connectivity index (χ0) is 13.0. The molecule has 2 rings (SSSR count). The Labute approximate surface area is 104 Å². The van der Waals surface area contributed by atoms with Crippen LogP contribution in [0.5, 0.6) is 0 Å². The van der Waals surface area contributed by atoms with E-state index in [1.807, 2.05) is 0 Å². The first-order valence-electron chi connectivity index (χ1n) is 5.69. The van der Waals surface area contributed by atoms with E-state index in [9.17, 15) is 9.18 Å². The Bertz CT molecular complexity index is 433. The van der Waals surface area contributed by atoms with Gasteiger partial charge in [-0.1, -0.05) is 0 Å². The molecule has 1 fully saturated rings. The summed E-state index contributed by atoms with van der Waals surface area (Å²) in [5, 5.41) is 2.58. The topological polar surface area (TPSA) is 73.6 Å². The van der Waals surface area contributed by atoms with Crippen molar-refractivity contribution >= 4 is 17.3 Å². The molecule has 1 aliphatic heterocycles. The molecular weight excluding hydrogens is 239 g/mol. The van der Waals surface area contributed by atoms with Gasteiger partial charge in [-0.05, 0) is 24.6 Å². The van der Waals surface area contributed by atoms with Gasteiger partial charge in [0.2, 0.25) is 5.91 Å². The first-order valence-corrected chi connectivity index (χ1v) is 5.69. The molecular formula is C12H15FN2O3. The van der Waals surface area contributed by atoms with Crippen LogP contribution in [0.15, 0.2) is 18.2 Å². The number of rotatable bonds is 4. The van der Waals surface area contributed by atoms with Crippen LogP contribution in [0.3, 0.4) is 0 Å². The van der Waals surface area contributed by atoms with Gasteiger partial charge in [0.25, 0.3) is 0 Å². The van der Waals surface area contributed by atoms with Crippen LogP contribution in [0.25, 0.3) is 0 Å². The predicted molar refractivity (Wildman–Crippen MR) is 64.6 cm³/mol. The summed E-state index contributed by atoms with van der Waals surface area (Å²) in [7, 11) is 0. The summed E-state index contributed by atoms with van der Waals surface area (Å²) in [6.45, 7) is 1.14. The van der Waals surface area contributed by atoms with Crippen molar-refractivity contribution in [2.45, 2.75) is 12.5 Å². The van der Waals surface area contributed by atoms with E-state index in [-0.39, 0.29) is 24.3 Å². The largest absolute Gasteiger partial charge is 0.396 e. The lowest BCUT2D eigenvalue weighted by Crippen LogP contribution is -2.23. The fourth-order valence-corrected chi connectivity index (χ4v) is 1.66. The van der Waals surface area contributed by atoms with Gasteiger partial charge in [-0.15, -0.1) is 0 Å². The number of halogens is 1. The molecule has 0 aliphatic carbocycles. The minimum atomic E-state index is -0.507. The van der Waals surface area contributed by atoms with Crippen molar-refractivity contribution < 1.29 is 18.7 Å². The number of benzene rings is 1. The minimum Gasteiger partial charge on any atom is -0.396 e. The smallest absolute Gasteiger partial charge is 0.250 e. The lowest BCUT2D eigenvalue weighted by molar-refractivity contribution is -0.122. The fraction of sp³-hybridized carbons (Fsp3) is 0.417. The molecule has 1 aromatic rings. The molecule has 1 atom stereocenters. The Balaban J connectivity index is 1.80. The third-order valence-corrected chi connectivity index (χ3v) is 2.62. The normalized spacial score (nSPS) is 18.8. The number of hydrogen-bond acceptors (Lipinski definition) is 4. The maximum atomic E-state index is 12.9. The zero-order valence-corrected chi connectivity index (χ0v) is 9.82. The maximum absolute atomic E-state index is 12.9. The van der Waals surface area contributed by atoms with E-state index in [2.05, 4.69) is 5.32 Å². The van der Waals surface area contributed by atoms with Gasteiger partial charge in [-0.25, -0.2) is 4.39 Å². The van der Waals surface area contributed by atoms with Crippen molar-refractivity contribution in [3.05, 3.63) is 24.0 Å². The minimum absolute atomic E-state index is 0.00193. The van der Waals surface area contributed by atoms with Gasteiger partial charge >= 0.3 is 0 Å². The van der Waals surface area contributed by atoms with Gasteiger partial charge in [-0.2, -0.15) is 0 Å². The summed E-state index contributed by atoms with van der Waals surface area (Å²) in [5.74, 6) is -0.805. The van der Waals surface area contributed by atoms with Crippen molar-refractivity contribution in [1.82, 2.24) is 0 Å². The quantitative estimate of drug-likeness (QED) is 0.790. The van der Waals surface area contributed by atoms with Crippen molar-refractivity contribution in [2.24, 2.45) is 0 Å². The van der Waals surface area contributed by atoms with Crippen LogP contribution in [-0.2, 0) is 14.3 Å². The standard InChI is InChI=1S/C12H15FN2O3/c13-10-2-1-8(5-11(10)14)15-12(16)7-18-9-3-4-17-6-9/h1-2,5,9H,3-4,6-7,14H2,(H,15,16). The second kappa shape index (κ2) is 5.79. The molecule has 1 unspecified atom stereocenters. The van der Waals surface area contributed by atoms with Gasteiger partial charge in [0, 0.05) is 12.3 Å². The maximum Gasteiger partial charge on any atom is 0.250 e. The Kier molecular flexibility index (Phi) is 4.11. The fourth-order valence-electron chi connectivity index (χ4n) is 1.66. The number of carbonyl (C=O) groups is 1. The number of amides is 1. The van der Waals surface area contributed by atoms with Crippen molar-refractivity contribution in [3.63, 3.8) is 0 Å². The second-order valence-electron chi connectivity index (χ2n) is 4.08. The molecule has 0 bridgehead atoms. The molecule has 6 heteroatoms. The van der Waals surface area contributed by atoms with Crippen LogP contribution in [0, 0.1) is 5.82 Å². The number of ether oxygens (including phenoxy) is 2. The summed E-state index contributed by atoms with van der Waals surface area (Å²) in [6, 6.07) is 4.02. The van der Waals surface area contributed by atoms with Crippen LogP contribution in [-0.4, -0.2) is 31.8 Å². The molecule has 0 aromatic heterocycles. The van der Waals surface area contributed by atoms with E-state index in [0.29, 0.717) is 18.9 Å². The van der Waals surface area contributed by atoms with E-state index in [1.165, 1.54) is 18.2 Å². The van der Waals surface area contributed by atoms with E-state index >= 15 is 0 Å². The van der Waals surface area contributed by atoms with Crippen molar-refractivity contribution in [2.75, 3.05) is 30.9 Å². The molecule has 3 N–H and O–H groups in total. The number of nitrogens with one attached hydrogen (secondary N) is 1. The number of anilines is 2. The van der Waals surface area contributed by atoms with Crippen LogP contribution in [0.4, 0.5) is 15.8 Å². The Morgan fingerprint density at radius 3 is 3.11 bits per heavy atom. The zero-order valence-electron chi connectivity index (χ0n) is 9.82. The van der Waals surface area contributed by atoms with Crippen LogP contribution in [0.1, 0.15) is 6.42 Å². The molecule has 5 nitrogen and oxygen atoms in total. The lowest BCUT2D eigenvalue weighted by atomic mass is 10.2. The molecule has 0 spiro atoms. The molecule has 0 radical (unpaired) electrons. The highest BCUT2D eigenvalue weighted by Gasteiger charge is 2.17. The summed E-state index contributed by atoms with van der Waals surface area (Å²) < 4.78 is 23.4. The Hall–Kier alpha value is -1.66. The van der Waals surface area contributed by atoms with Gasteiger partial charge < -0.3 is 20.5 Å². The second-order valence-corrected chi connectivity index (χ2v) is 4.08. The van der Waals surface area contributed by atoms with E-state index in [4.69, 9.17) is 15.2 Å². The molecule has 1 aliphatic rings. The highest BCUT2D eigenvalue weighted by Crippen LogP contribution is 2.16. The highest BCUT2D eigenvalue weighted by molar-refractivity contribution is 5.92. The lowest BCUT2D eigenvalue weighted by Gasteiger charge is -2.10. The highest BCUT2D eigenvalue weighted by atomic mass is 19.1. The molecule has 18 heavy (non-hydrogen) atoms. The number of nitrogen functional groups attached to an aromatic ring is 1. The number of nitrogens with two attached hydrogens (primary N) is 1. The van der Waals surface area contributed by atoms with Crippen LogP contribution < -0.4 is 11.1 Å². The average Bonchev–Trinajstić information content (AvgIpc) is 2.84. The average molecular weight is 254 g/mol. The SMILES string of the molecule is Nc1cc(NC(=O)COC2CCOC2)ccc1F. The number of carbonyl (C=O) groups excluding carboxylic acids is 1. The first kappa shape index (κ1) is 12.8. The monoisotopic (exact) mass is 254 g/mol. The van der Waals surface area contributed by atoms with Gasteiger partial charge in [0.15, 0.2) is 0 Å². The molecule has 0 saturated carbocycles. The molecule has 1 aromatic carbocycles. The number of hydrogen-bond donors (Lipinski definition) is 2. The Morgan fingerprint density at radius 2 is 2.44 bits per heavy atom. The first-order chi connectivity index (χ1) is 8.65. The predicted octanol–water partition coefficient (Wildman–Crippen LogP) is 1.15. The van der Waals surface area contributed by atoms with E-state index in [1.54, 1.807) is 0 Å². The van der Waals surface area contributed by atoms with Gasteiger partial charge in [0.05, 0.1) is 18.4 Å². The summed E-state index contributed by atoms with van der Waals surface area (Å²) >= 11 is 0. The van der Waals surface area contributed by atoms with Gasteiger partial charge in [-0.3, -0.25) is 4.79 Å². The van der Waals surface area contributed by atoms with Gasteiger partial charge in [0.1, 0.15) is 12.4 Å². The summed E-state index contributed by atoms with van der Waals surface area (Å²) in [5.41, 5.74) is 5.84. The van der Waals surface area contributed by atoms with Crippen LogP contribution >= 0.6 is 0 Å². The Morgan fingerprint density at radius 1 is 1.61 bits per heavy atom. The molecule has 1 heterocycles. The van der Waals surface area contributed by atoms with Crippen molar-refractivity contribution in [1.29, 1.82) is 0 Å².